The van der Waals surface area contributed by atoms with E-state index >= 15 is 0 Å². The van der Waals surface area contributed by atoms with E-state index in [9.17, 15) is 0 Å². The number of benzene rings is 1. The van der Waals surface area contributed by atoms with Crippen molar-refractivity contribution in [1.29, 1.82) is 0 Å². The molecule has 0 saturated carbocycles. The molecule has 2 heteroatoms. The van der Waals surface area contributed by atoms with E-state index in [1.54, 1.807) is 0 Å². The van der Waals surface area contributed by atoms with Crippen LogP contribution in [-0.2, 0) is 0 Å². The predicted molar refractivity (Wildman–Crippen MR) is 68.9 cm³/mol. The van der Waals surface area contributed by atoms with Crippen LogP contribution in [-0.4, -0.2) is 25.0 Å². The van der Waals surface area contributed by atoms with Crippen LogP contribution in [0.1, 0.15) is 24.4 Å². The van der Waals surface area contributed by atoms with Crippen LogP contribution in [0.2, 0.25) is 0 Å². The quantitative estimate of drug-likeness (QED) is 0.737. The summed E-state index contributed by atoms with van der Waals surface area (Å²) in [7, 11) is 2.04. The summed E-state index contributed by atoms with van der Waals surface area (Å²) in [6.07, 6.45) is 7.31. The topological polar surface area (TPSA) is 29.3 Å². The van der Waals surface area contributed by atoms with Gasteiger partial charge in [0.1, 0.15) is 0 Å². The lowest BCUT2D eigenvalue weighted by Gasteiger charge is -2.15. The molecule has 2 nitrogen and oxygen atoms in total. The Labute approximate surface area is 98.4 Å². The van der Waals surface area contributed by atoms with Gasteiger partial charge in [-0.2, -0.15) is 0 Å². The molecule has 1 aromatic rings. The average Bonchev–Trinajstić information content (AvgIpc) is 2.30. The van der Waals surface area contributed by atoms with Gasteiger partial charge in [0.2, 0.25) is 0 Å². The van der Waals surface area contributed by atoms with E-state index in [-0.39, 0.29) is 6.04 Å². The fourth-order valence-corrected chi connectivity index (χ4v) is 1.68. The van der Waals surface area contributed by atoms with E-state index in [0.717, 1.165) is 19.4 Å². The van der Waals surface area contributed by atoms with Crippen molar-refractivity contribution in [1.82, 2.24) is 4.90 Å². The van der Waals surface area contributed by atoms with Crippen LogP contribution in [0.5, 0.6) is 0 Å². The maximum absolute atomic E-state index is 6.10. The molecule has 0 heterocycles. The highest BCUT2D eigenvalue weighted by Gasteiger charge is 2.05. The van der Waals surface area contributed by atoms with Gasteiger partial charge < -0.3 is 5.73 Å². The molecule has 16 heavy (non-hydrogen) atoms. The normalized spacial score (nSPS) is 12.4. The third-order valence-corrected chi connectivity index (χ3v) is 2.64. The molecule has 1 unspecified atom stereocenters. The molecule has 2 N–H and O–H groups in total. The minimum atomic E-state index is 0.139. The monoisotopic (exact) mass is 216 g/mol. The van der Waals surface area contributed by atoms with E-state index < -0.39 is 0 Å². The van der Waals surface area contributed by atoms with E-state index in [1.807, 2.05) is 25.2 Å². The van der Waals surface area contributed by atoms with Gasteiger partial charge in [-0.1, -0.05) is 36.3 Å². The standard InChI is InChI=1S/C14H20N2/c1-3-11-16(2)12-7-10-14(15)13-8-5-4-6-9-13/h1,4-6,8-9,14H,7,10-12,15H2,2H3. The van der Waals surface area contributed by atoms with Crippen molar-refractivity contribution in [3.8, 4) is 12.3 Å². The smallest absolute Gasteiger partial charge is 0.0596 e. The van der Waals surface area contributed by atoms with Gasteiger partial charge >= 0.3 is 0 Å². The highest BCUT2D eigenvalue weighted by atomic mass is 15.1. The van der Waals surface area contributed by atoms with Crippen LogP contribution in [0.25, 0.3) is 0 Å². The van der Waals surface area contributed by atoms with Gasteiger partial charge in [0.15, 0.2) is 0 Å². The fraction of sp³-hybridized carbons (Fsp3) is 0.429. The Morgan fingerprint density at radius 3 is 2.69 bits per heavy atom. The Bertz CT molecular complexity index is 326. The Morgan fingerprint density at radius 2 is 2.06 bits per heavy atom. The minimum Gasteiger partial charge on any atom is -0.324 e. The number of terminal acetylenes is 1. The Morgan fingerprint density at radius 1 is 1.38 bits per heavy atom. The van der Waals surface area contributed by atoms with Crippen molar-refractivity contribution < 1.29 is 0 Å². The lowest BCUT2D eigenvalue weighted by Crippen LogP contribution is -2.21. The SMILES string of the molecule is C#CCN(C)CCCC(N)c1ccccc1. The zero-order chi connectivity index (χ0) is 11.8. The fourth-order valence-electron chi connectivity index (χ4n) is 1.68. The summed E-state index contributed by atoms with van der Waals surface area (Å²) in [5, 5.41) is 0. The second-order valence-electron chi connectivity index (χ2n) is 4.10. The maximum atomic E-state index is 6.10. The third kappa shape index (κ3) is 4.48. The molecule has 0 aromatic heterocycles. The first-order chi connectivity index (χ1) is 7.74. The number of nitrogens with zero attached hydrogens (tertiary/aromatic N) is 1. The second kappa shape index (κ2) is 7.05. The molecular formula is C14H20N2. The number of nitrogens with two attached hydrogens (primary N) is 1. The van der Waals surface area contributed by atoms with Gasteiger partial charge in [-0.25, -0.2) is 0 Å². The lowest BCUT2D eigenvalue weighted by molar-refractivity contribution is 0.358. The van der Waals surface area contributed by atoms with E-state index in [2.05, 4.69) is 23.0 Å². The zero-order valence-corrected chi connectivity index (χ0v) is 9.89. The van der Waals surface area contributed by atoms with Crippen molar-refractivity contribution in [3.63, 3.8) is 0 Å². The van der Waals surface area contributed by atoms with Gasteiger partial charge in [-0.3, -0.25) is 4.90 Å². The molecule has 0 fully saturated rings. The Hall–Kier alpha value is -1.30. The van der Waals surface area contributed by atoms with Crippen molar-refractivity contribution in [2.24, 2.45) is 5.73 Å². The molecule has 0 saturated heterocycles. The van der Waals surface area contributed by atoms with Crippen LogP contribution < -0.4 is 5.73 Å². The summed E-state index contributed by atoms with van der Waals surface area (Å²) >= 11 is 0. The van der Waals surface area contributed by atoms with Crippen molar-refractivity contribution in [2.75, 3.05) is 20.1 Å². The molecule has 86 valence electrons. The maximum Gasteiger partial charge on any atom is 0.0596 e. The first-order valence-electron chi connectivity index (χ1n) is 5.66. The van der Waals surface area contributed by atoms with Gasteiger partial charge in [-0.05, 0) is 32.0 Å². The lowest BCUT2D eigenvalue weighted by atomic mass is 10.0. The summed E-state index contributed by atoms with van der Waals surface area (Å²) in [5.74, 6) is 2.63. The van der Waals surface area contributed by atoms with Crippen LogP contribution in [0.4, 0.5) is 0 Å². The van der Waals surface area contributed by atoms with Crippen LogP contribution >= 0.6 is 0 Å². The van der Waals surface area contributed by atoms with Crippen LogP contribution in [0.15, 0.2) is 30.3 Å². The number of rotatable bonds is 6. The van der Waals surface area contributed by atoms with Crippen LogP contribution in [0, 0.1) is 12.3 Å². The third-order valence-electron chi connectivity index (χ3n) is 2.64. The van der Waals surface area contributed by atoms with Gasteiger partial charge in [0.05, 0.1) is 6.54 Å². The summed E-state index contributed by atoms with van der Waals surface area (Å²) in [6, 6.07) is 10.4. The Balaban J connectivity index is 2.26. The predicted octanol–water partition coefficient (Wildman–Crippen LogP) is 2.03. The molecule has 0 aliphatic heterocycles. The number of hydrogen-bond acceptors (Lipinski definition) is 2. The highest BCUT2D eigenvalue weighted by molar-refractivity contribution is 5.18. The first-order valence-corrected chi connectivity index (χ1v) is 5.66. The summed E-state index contributed by atoms with van der Waals surface area (Å²) in [5.41, 5.74) is 7.31. The molecule has 1 aromatic carbocycles. The van der Waals surface area contributed by atoms with Crippen molar-refractivity contribution in [3.05, 3.63) is 35.9 Å². The van der Waals surface area contributed by atoms with E-state index in [1.165, 1.54) is 5.56 Å². The first kappa shape index (κ1) is 12.8. The summed E-state index contributed by atoms with van der Waals surface area (Å²) < 4.78 is 0. The van der Waals surface area contributed by atoms with E-state index in [4.69, 9.17) is 12.2 Å². The molecule has 0 bridgehead atoms. The molecule has 1 atom stereocenters. The summed E-state index contributed by atoms with van der Waals surface area (Å²) in [6.45, 7) is 1.71. The Kier molecular flexibility index (Phi) is 5.63. The molecule has 0 radical (unpaired) electrons. The minimum absolute atomic E-state index is 0.139. The molecule has 0 aliphatic carbocycles. The average molecular weight is 216 g/mol. The van der Waals surface area contributed by atoms with E-state index in [0.29, 0.717) is 6.54 Å². The molecular weight excluding hydrogens is 196 g/mol. The van der Waals surface area contributed by atoms with Crippen molar-refractivity contribution in [2.45, 2.75) is 18.9 Å². The van der Waals surface area contributed by atoms with Gasteiger partial charge in [0, 0.05) is 6.04 Å². The zero-order valence-electron chi connectivity index (χ0n) is 9.89. The number of hydrogen-bond donors (Lipinski definition) is 1. The summed E-state index contributed by atoms with van der Waals surface area (Å²) in [4.78, 5) is 2.14. The largest absolute Gasteiger partial charge is 0.324 e. The second-order valence-corrected chi connectivity index (χ2v) is 4.10. The van der Waals surface area contributed by atoms with Gasteiger partial charge in [-0.15, -0.1) is 6.42 Å². The highest BCUT2D eigenvalue weighted by Crippen LogP contribution is 2.14. The molecule has 0 amide bonds. The van der Waals surface area contributed by atoms with Gasteiger partial charge in [0.25, 0.3) is 0 Å². The molecule has 0 aliphatic rings. The molecule has 0 spiro atoms. The van der Waals surface area contributed by atoms with Crippen LogP contribution in [0.3, 0.4) is 0 Å². The molecule has 1 rings (SSSR count). The van der Waals surface area contributed by atoms with Crippen molar-refractivity contribution >= 4 is 0 Å².